The predicted molar refractivity (Wildman–Crippen MR) is 126 cm³/mol. The minimum absolute atomic E-state index is 0.0121. The zero-order valence-corrected chi connectivity index (χ0v) is 20.0. The van der Waals surface area contributed by atoms with Crippen molar-refractivity contribution >= 4 is 11.9 Å². The molecule has 0 aromatic rings. The van der Waals surface area contributed by atoms with E-state index in [2.05, 4.69) is 0 Å². The summed E-state index contributed by atoms with van der Waals surface area (Å²) in [7, 11) is 0. The summed E-state index contributed by atoms with van der Waals surface area (Å²) >= 11 is 0. The first-order valence-corrected chi connectivity index (χ1v) is 13.8. The molecular weight excluding hydrogens is 400 g/mol. The molecule has 0 spiro atoms. The minimum atomic E-state index is -0.399. The van der Waals surface area contributed by atoms with Gasteiger partial charge < -0.3 is 9.47 Å². The molecule has 0 aliphatic heterocycles. The Morgan fingerprint density at radius 3 is 1.09 bits per heavy atom. The van der Waals surface area contributed by atoms with Gasteiger partial charge in [-0.05, 0) is 75.0 Å². The molecule has 4 rings (SSSR count). The van der Waals surface area contributed by atoms with Gasteiger partial charge in [0.25, 0.3) is 0 Å². The lowest BCUT2D eigenvalue weighted by Gasteiger charge is -2.35. The van der Waals surface area contributed by atoms with Crippen LogP contribution in [0.15, 0.2) is 12.2 Å². The van der Waals surface area contributed by atoms with Crippen LogP contribution in [0.2, 0.25) is 0 Å². The van der Waals surface area contributed by atoms with Crippen molar-refractivity contribution in [1.29, 1.82) is 0 Å². The van der Waals surface area contributed by atoms with E-state index in [0.717, 1.165) is 49.4 Å². The van der Waals surface area contributed by atoms with Crippen molar-refractivity contribution in [2.45, 2.75) is 128 Å². The second-order valence-electron chi connectivity index (χ2n) is 11.1. The predicted octanol–water partition coefficient (Wildman–Crippen LogP) is 6.91. The molecule has 4 saturated carbocycles. The average molecular weight is 445 g/mol. The Morgan fingerprint density at radius 1 is 0.438 bits per heavy atom. The summed E-state index contributed by atoms with van der Waals surface area (Å²) in [6.45, 7) is 0. The smallest absolute Gasteiger partial charge is 0.331 e. The van der Waals surface area contributed by atoms with E-state index < -0.39 is 11.9 Å². The zero-order valence-electron chi connectivity index (χ0n) is 20.0. The summed E-state index contributed by atoms with van der Waals surface area (Å²) < 4.78 is 11.2. The number of ether oxygens (including phenoxy) is 2. The van der Waals surface area contributed by atoms with Crippen LogP contribution in [0.3, 0.4) is 0 Å². The molecule has 0 radical (unpaired) electrons. The molecule has 0 bridgehead atoms. The molecular formula is C28H44O4. The van der Waals surface area contributed by atoms with E-state index >= 15 is 0 Å². The Morgan fingerprint density at radius 2 is 0.750 bits per heavy atom. The van der Waals surface area contributed by atoms with Gasteiger partial charge in [-0.2, -0.15) is 0 Å². The lowest BCUT2D eigenvalue weighted by Crippen LogP contribution is -2.29. The monoisotopic (exact) mass is 444 g/mol. The van der Waals surface area contributed by atoms with Crippen molar-refractivity contribution in [2.24, 2.45) is 23.7 Å². The summed E-state index contributed by atoms with van der Waals surface area (Å²) in [5, 5.41) is 0. The largest absolute Gasteiger partial charge is 0.459 e. The molecule has 4 nitrogen and oxygen atoms in total. The van der Waals surface area contributed by atoms with Crippen LogP contribution in [0.25, 0.3) is 0 Å². The molecule has 0 aromatic heterocycles. The molecule has 32 heavy (non-hydrogen) atoms. The SMILES string of the molecule is O=C(/C=C/C(=O)OC1CCC(C2CCCCC2)CC1)OC1CCC(C2CCCCC2)CC1. The fourth-order valence-corrected chi connectivity index (χ4v) is 7.11. The highest BCUT2D eigenvalue weighted by Gasteiger charge is 2.31. The summed E-state index contributed by atoms with van der Waals surface area (Å²) in [5.74, 6) is 2.64. The Bertz CT molecular complexity index is 559. The van der Waals surface area contributed by atoms with Gasteiger partial charge in [-0.1, -0.05) is 64.2 Å². The van der Waals surface area contributed by atoms with Crippen LogP contribution in [0.4, 0.5) is 0 Å². The highest BCUT2D eigenvalue weighted by molar-refractivity contribution is 5.91. The van der Waals surface area contributed by atoms with E-state index in [1.165, 1.54) is 102 Å². The van der Waals surface area contributed by atoms with Crippen LogP contribution < -0.4 is 0 Å². The maximum atomic E-state index is 12.2. The Balaban J connectivity index is 1.10. The average Bonchev–Trinajstić information content (AvgIpc) is 2.85. The van der Waals surface area contributed by atoms with E-state index in [9.17, 15) is 9.59 Å². The Labute approximate surface area is 194 Å². The van der Waals surface area contributed by atoms with Crippen LogP contribution in [0.1, 0.15) is 116 Å². The molecule has 0 heterocycles. The van der Waals surface area contributed by atoms with Crippen molar-refractivity contribution in [2.75, 3.05) is 0 Å². The fraction of sp³-hybridized carbons (Fsp3) is 0.857. The van der Waals surface area contributed by atoms with Crippen LogP contribution in [-0.4, -0.2) is 24.1 Å². The molecule has 0 unspecified atom stereocenters. The van der Waals surface area contributed by atoms with Crippen LogP contribution >= 0.6 is 0 Å². The third kappa shape index (κ3) is 7.09. The van der Waals surface area contributed by atoms with Crippen molar-refractivity contribution in [3.63, 3.8) is 0 Å². The Kier molecular flexibility index (Phi) is 9.11. The van der Waals surface area contributed by atoms with Crippen LogP contribution in [0.5, 0.6) is 0 Å². The van der Waals surface area contributed by atoms with Crippen molar-refractivity contribution < 1.29 is 19.1 Å². The van der Waals surface area contributed by atoms with Crippen LogP contribution in [0, 0.1) is 23.7 Å². The normalized spacial score (nSPS) is 33.1. The number of hydrogen-bond donors (Lipinski definition) is 0. The third-order valence-electron chi connectivity index (χ3n) is 8.99. The van der Waals surface area contributed by atoms with Gasteiger partial charge in [0.2, 0.25) is 0 Å². The highest BCUT2D eigenvalue weighted by Crippen LogP contribution is 2.40. The first kappa shape index (κ1) is 23.8. The van der Waals surface area contributed by atoms with Gasteiger partial charge in [0.1, 0.15) is 12.2 Å². The van der Waals surface area contributed by atoms with Crippen molar-refractivity contribution in [3.8, 4) is 0 Å². The lowest BCUT2D eigenvalue weighted by molar-refractivity contribution is -0.148. The second kappa shape index (κ2) is 12.2. The van der Waals surface area contributed by atoms with Gasteiger partial charge in [-0.25, -0.2) is 9.59 Å². The quantitative estimate of drug-likeness (QED) is 0.330. The molecule has 0 saturated heterocycles. The minimum Gasteiger partial charge on any atom is -0.459 e. The molecule has 180 valence electrons. The lowest BCUT2D eigenvalue weighted by atomic mass is 9.73. The third-order valence-corrected chi connectivity index (χ3v) is 8.99. The van der Waals surface area contributed by atoms with E-state index in [4.69, 9.17) is 9.47 Å². The van der Waals surface area contributed by atoms with Crippen LogP contribution in [-0.2, 0) is 19.1 Å². The van der Waals surface area contributed by atoms with E-state index in [-0.39, 0.29) is 12.2 Å². The fourth-order valence-electron chi connectivity index (χ4n) is 7.11. The van der Waals surface area contributed by atoms with E-state index in [1.807, 2.05) is 0 Å². The molecule has 0 amide bonds. The van der Waals surface area contributed by atoms with Crippen molar-refractivity contribution in [3.05, 3.63) is 12.2 Å². The highest BCUT2D eigenvalue weighted by atomic mass is 16.5. The molecule has 4 aliphatic rings. The number of hydrogen-bond acceptors (Lipinski definition) is 4. The summed E-state index contributed by atoms with van der Waals surface area (Å²) in [4.78, 5) is 24.4. The summed E-state index contributed by atoms with van der Waals surface area (Å²) in [5.41, 5.74) is 0. The maximum Gasteiger partial charge on any atom is 0.331 e. The molecule has 0 atom stereocenters. The molecule has 4 heteroatoms. The maximum absolute atomic E-state index is 12.2. The van der Waals surface area contributed by atoms with Gasteiger partial charge in [0, 0.05) is 12.2 Å². The first-order chi connectivity index (χ1) is 15.7. The summed E-state index contributed by atoms with van der Waals surface area (Å²) in [6, 6.07) is 0. The number of rotatable bonds is 6. The van der Waals surface area contributed by atoms with Gasteiger partial charge in [0.15, 0.2) is 0 Å². The topological polar surface area (TPSA) is 52.6 Å². The van der Waals surface area contributed by atoms with Gasteiger partial charge in [0.05, 0.1) is 0 Å². The molecule has 0 aromatic carbocycles. The second-order valence-corrected chi connectivity index (χ2v) is 11.1. The number of carbonyl (C=O) groups excluding carboxylic acids is 2. The molecule has 4 aliphatic carbocycles. The molecule has 0 N–H and O–H groups in total. The zero-order chi connectivity index (χ0) is 22.2. The standard InChI is InChI=1S/C28H44O4/c29-27(31-25-15-11-23(12-16-25)21-7-3-1-4-8-21)19-20-28(30)32-26-17-13-24(14-18-26)22-9-5-2-6-10-22/h19-26H,1-18H2/b20-19+. The van der Waals surface area contributed by atoms with Gasteiger partial charge in [-0.3, -0.25) is 0 Å². The van der Waals surface area contributed by atoms with Gasteiger partial charge >= 0.3 is 11.9 Å². The van der Waals surface area contributed by atoms with Crippen molar-refractivity contribution in [1.82, 2.24) is 0 Å². The molecule has 4 fully saturated rings. The van der Waals surface area contributed by atoms with E-state index in [1.54, 1.807) is 0 Å². The summed E-state index contributed by atoms with van der Waals surface area (Å²) in [6.07, 6.45) is 25.1. The number of carbonyl (C=O) groups is 2. The number of esters is 2. The first-order valence-electron chi connectivity index (χ1n) is 13.8. The Hall–Kier alpha value is -1.32. The van der Waals surface area contributed by atoms with E-state index in [0.29, 0.717) is 0 Å². The van der Waals surface area contributed by atoms with Gasteiger partial charge in [-0.15, -0.1) is 0 Å².